The fraction of sp³-hybridized carbons (Fsp3) is 0.846. The maximum absolute atomic E-state index is 11.9. The molecule has 2 unspecified atom stereocenters. The van der Waals surface area contributed by atoms with Crippen LogP contribution in [-0.4, -0.2) is 42.4 Å². The van der Waals surface area contributed by atoms with Crippen LogP contribution >= 0.6 is 0 Å². The van der Waals surface area contributed by atoms with E-state index in [9.17, 15) is 18.0 Å². The van der Waals surface area contributed by atoms with Crippen molar-refractivity contribution in [1.82, 2.24) is 5.32 Å². The molecule has 0 fully saturated rings. The van der Waals surface area contributed by atoms with Crippen LogP contribution in [0.15, 0.2) is 0 Å². The number of carbonyl (C=O) groups is 2. The number of carboxylic acid groups (broad SMARTS) is 1. The third-order valence-corrected chi connectivity index (χ3v) is 5.59. The van der Waals surface area contributed by atoms with Crippen LogP contribution in [0.1, 0.15) is 47.0 Å². The van der Waals surface area contributed by atoms with E-state index >= 15 is 0 Å². The van der Waals surface area contributed by atoms with Crippen molar-refractivity contribution in [2.45, 2.75) is 57.7 Å². The van der Waals surface area contributed by atoms with Crippen LogP contribution in [-0.2, 0) is 19.4 Å². The summed E-state index contributed by atoms with van der Waals surface area (Å²) in [5, 5.41) is 11.4. The van der Waals surface area contributed by atoms with Gasteiger partial charge in [-0.2, -0.15) is 0 Å². The highest BCUT2D eigenvalue weighted by Crippen LogP contribution is 2.16. The molecular weight excluding hydrogens is 282 g/mol. The van der Waals surface area contributed by atoms with Crippen LogP contribution in [0.3, 0.4) is 0 Å². The Morgan fingerprint density at radius 1 is 1.20 bits per heavy atom. The van der Waals surface area contributed by atoms with Crippen molar-refractivity contribution in [3.05, 3.63) is 0 Å². The lowest BCUT2D eigenvalue weighted by molar-refractivity contribution is -0.141. The molecule has 1 amide bonds. The lowest BCUT2D eigenvalue weighted by Crippen LogP contribution is -2.50. The molecule has 118 valence electrons. The molecule has 2 atom stereocenters. The Morgan fingerprint density at radius 2 is 1.70 bits per heavy atom. The van der Waals surface area contributed by atoms with Gasteiger partial charge in [0.1, 0.15) is 4.75 Å². The highest BCUT2D eigenvalue weighted by molar-refractivity contribution is 7.92. The van der Waals surface area contributed by atoms with Crippen LogP contribution in [0, 0.1) is 5.92 Å². The molecule has 0 saturated carbocycles. The summed E-state index contributed by atoms with van der Waals surface area (Å²) in [5.41, 5.74) is 0. The van der Waals surface area contributed by atoms with Gasteiger partial charge in [0.2, 0.25) is 5.91 Å². The van der Waals surface area contributed by atoms with Gasteiger partial charge in [-0.25, -0.2) is 8.42 Å². The maximum Gasteiger partial charge on any atom is 0.306 e. The molecule has 0 bridgehead atoms. The Hall–Kier alpha value is -1.11. The number of hydrogen-bond donors (Lipinski definition) is 2. The molecular formula is C13H25NO5S. The molecule has 0 rings (SSSR count). The van der Waals surface area contributed by atoms with E-state index in [4.69, 9.17) is 5.11 Å². The fourth-order valence-corrected chi connectivity index (χ4v) is 1.89. The van der Waals surface area contributed by atoms with E-state index in [1.165, 1.54) is 13.8 Å². The first-order valence-corrected chi connectivity index (χ1v) is 8.52. The van der Waals surface area contributed by atoms with E-state index in [2.05, 4.69) is 5.32 Å². The highest BCUT2D eigenvalue weighted by Gasteiger charge is 2.38. The standard InChI is InChI=1S/C13H25NO5S/c1-9(11(15)16)7-6-8-10(2)14-12(17)13(3,4)20(5,18)19/h9-10H,6-8H2,1-5H3,(H,14,17)(H,15,16). The summed E-state index contributed by atoms with van der Waals surface area (Å²) >= 11 is 0. The molecule has 2 N–H and O–H groups in total. The van der Waals surface area contributed by atoms with Crippen LogP contribution in [0.4, 0.5) is 0 Å². The fourth-order valence-electron chi connectivity index (χ4n) is 1.49. The van der Waals surface area contributed by atoms with Crippen molar-refractivity contribution in [2.24, 2.45) is 5.92 Å². The minimum absolute atomic E-state index is 0.190. The third kappa shape index (κ3) is 5.48. The highest BCUT2D eigenvalue weighted by atomic mass is 32.2. The van der Waals surface area contributed by atoms with Gasteiger partial charge in [-0.15, -0.1) is 0 Å². The quantitative estimate of drug-likeness (QED) is 0.702. The van der Waals surface area contributed by atoms with E-state index in [-0.39, 0.29) is 6.04 Å². The van der Waals surface area contributed by atoms with Gasteiger partial charge in [-0.3, -0.25) is 9.59 Å². The molecule has 20 heavy (non-hydrogen) atoms. The van der Waals surface area contributed by atoms with Crippen LogP contribution in [0.2, 0.25) is 0 Å². The summed E-state index contributed by atoms with van der Waals surface area (Å²) in [4.78, 5) is 22.6. The van der Waals surface area contributed by atoms with E-state index in [0.717, 1.165) is 6.26 Å². The Morgan fingerprint density at radius 3 is 2.10 bits per heavy atom. The Kier molecular flexibility index (Phi) is 6.67. The van der Waals surface area contributed by atoms with Crippen molar-refractivity contribution in [2.75, 3.05) is 6.26 Å². The van der Waals surface area contributed by atoms with Crippen molar-refractivity contribution in [3.8, 4) is 0 Å². The number of hydrogen-bond acceptors (Lipinski definition) is 4. The summed E-state index contributed by atoms with van der Waals surface area (Å²) in [6.07, 6.45) is 2.84. The van der Waals surface area contributed by atoms with E-state index in [1.54, 1.807) is 13.8 Å². The number of rotatable bonds is 8. The van der Waals surface area contributed by atoms with E-state index < -0.39 is 32.4 Å². The first-order chi connectivity index (χ1) is 8.89. The first kappa shape index (κ1) is 18.9. The number of nitrogens with one attached hydrogen (secondary N) is 1. The topological polar surface area (TPSA) is 101 Å². The zero-order valence-corrected chi connectivity index (χ0v) is 13.6. The summed E-state index contributed by atoms with van der Waals surface area (Å²) in [7, 11) is -3.48. The van der Waals surface area contributed by atoms with E-state index in [1.807, 2.05) is 0 Å². The van der Waals surface area contributed by atoms with Gasteiger partial charge in [-0.05, 0) is 33.6 Å². The second-order valence-electron chi connectivity index (χ2n) is 5.83. The lowest BCUT2D eigenvalue weighted by Gasteiger charge is -2.24. The molecule has 0 aromatic rings. The number of carbonyl (C=O) groups excluding carboxylic acids is 1. The van der Waals surface area contributed by atoms with Gasteiger partial charge < -0.3 is 10.4 Å². The monoisotopic (exact) mass is 307 g/mol. The summed E-state index contributed by atoms with van der Waals surface area (Å²) in [6.45, 7) is 6.16. The SMILES string of the molecule is CC(CCCC(C)C(=O)O)NC(=O)C(C)(C)S(C)(=O)=O. The largest absolute Gasteiger partial charge is 0.481 e. The van der Waals surface area contributed by atoms with E-state index in [0.29, 0.717) is 19.3 Å². The zero-order valence-electron chi connectivity index (χ0n) is 12.8. The predicted octanol–water partition coefficient (Wildman–Crippen LogP) is 1.21. The molecule has 0 saturated heterocycles. The summed E-state index contributed by atoms with van der Waals surface area (Å²) < 4.78 is 21.6. The van der Waals surface area contributed by atoms with Crippen LogP contribution in [0.25, 0.3) is 0 Å². The minimum atomic E-state index is -3.48. The molecule has 0 radical (unpaired) electrons. The second-order valence-corrected chi connectivity index (χ2v) is 8.39. The average molecular weight is 307 g/mol. The van der Waals surface area contributed by atoms with Crippen molar-refractivity contribution in [3.63, 3.8) is 0 Å². The van der Waals surface area contributed by atoms with Gasteiger partial charge in [0, 0.05) is 12.3 Å². The van der Waals surface area contributed by atoms with Gasteiger partial charge >= 0.3 is 5.97 Å². The minimum Gasteiger partial charge on any atom is -0.481 e. The third-order valence-electron chi connectivity index (χ3n) is 3.55. The number of sulfone groups is 1. The summed E-state index contributed by atoms with van der Waals surface area (Å²) in [6, 6.07) is -0.190. The number of amides is 1. The number of carboxylic acids is 1. The molecule has 7 heteroatoms. The van der Waals surface area contributed by atoms with Crippen LogP contribution in [0.5, 0.6) is 0 Å². The predicted molar refractivity (Wildman–Crippen MR) is 77.2 cm³/mol. The smallest absolute Gasteiger partial charge is 0.306 e. The Bertz CT molecular complexity index is 455. The zero-order chi connectivity index (χ0) is 16.1. The van der Waals surface area contributed by atoms with Crippen LogP contribution < -0.4 is 5.32 Å². The molecule has 0 spiro atoms. The second kappa shape index (κ2) is 7.06. The first-order valence-electron chi connectivity index (χ1n) is 6.63. The normalized spacial score (nSPS) is 15.4. The average Bonchev–Trinajstić information content (AvgIpc) is 2.26. The molecule has 0 aromatic carbocycles. The van der Waals surface area contributed by atoms with Gasteiger partial charge in [0.15, 0.2) is 9.84 Å². The lowest BCUT2D eigenvalue weighted by atomic mass is 10.0. The molecule has 0 aliphatic heterocycles. The number of aliphatic carboxylic acids is 1. The van der Waals surface area contributed by atoms with Gasteiger partial charge in [-0.1, -0.05) is 13.3 Å². The molecule has 0 aliphatic carbocycles. The van der Waals surface area contributed by atoms with Crippen molar-refractivity contribution < 1.29 is 23.1 Å². The van der Waals surface area contributed by atoms with Crippen molar-refractivity contribution in [1.29, 1.82) is 0 Å². The molecule has 0 aliphatic rings. The van der Waals surface area contributed by atoms with Gasteiger partial charge in [0.25, 0.3) is 0 Å². The van der Waals surface area contributed by atoms with Gasteiger partial charge in [0.05, 0.1) is 5.92 Å². The summed E-state index contributed by atoms with van der Waals surface area (Å²) in [5.74, 6) is -1.77. The Balaban J connectivity index is 4.32. The van der Waals surface area contributed by atoms with Crippen molar-refractivity contribution >= 4 is 21.7 Å². The molecule has 0 aromatic heterocycles. The maximum atomic E-state index is 11.9. The molecule has 0 heterocycles. The molecule has 6 nitrogen and oxygen atoms in total. The Labute approximate surface area is 120 Å².